The van der Waals surface area contributed by atoms with Crippen LogP contribution in [0.25, 0.3) is 10.8 Å². The van der Waals surface area contributed by atoms with E-state index in [-0.39, 0.29) is 5.91 Å². The molecular weight excluding hydrogens is 410 g/mol. The Balaban J connectivity index is 1.55. The van der Waals surface area contributed by atoms with E-state index in [4.69, 9.17) is 21.1 Å². The lowest BCUT2D eigenvalue weighted by atomic mass is 10.1. The monoisotopic (exact) mass is 431 g/mol. The van der Waals surface area contributed by atoms with Crippen molar-refractivity contribution in [2.24, 2.45) is 0 Å². The summed E-state index contributed by atoms with van der Waals surface area (Å²) in [5.74, 6) is 1.57. The Morgan fingerprint density at radius 2 is 1.65 bits per heavy atom. The van der Waals surface area contributed by atoms with Gasteiger partial charge in [0.15, 0.2) is 11.9 Å². The molecule has 0 unspecified atom stereocenters. The molecule has 4 nitrogen and oxygen atoms in total. The minimum atomic E-state index is -0.672. The maximum Gasteiger partial charge on any atom is 0.265 e. The standard InChI is InChI=1S/C26H22ClNO3/c1-2-23(31-24-14-8-10-18-9-6-7-13-21(18)24)26(29)28-22-17-19(27)15-16-25(22)30-20-11-4-3-5-12-20/h3-17,23H,2H2,1H3,(H,28,29)/t23-/m0/s1. The molecule has 0 bridgehead atoms. The molecule has 0 saturated carbocycles. The molecule has 0 heterocycles. The first-order valence-corrected chi connectivity index (χ1v) is 10.5. The fraction of sp³-hybridized carbons (Fsp3) is 0.115. The first kappa shape index (κ1) is 20.8. The molecule has 4 aromatic carbocycles. The van der Waals surface area contributed by atoms with Crippen LogP contribution < -0.4 is 14.8 Å². The van der Waals surface area contributed by atoms with Crippen LogP contribution in [-0.2, 0) is 4.79 Å². The highest BCUT2D eigenvalue weighted by atomic mass is 35.5. The van der Waals surface area contributed by atoms with Gasteiger partial charge in [-0.3, -0.25) is 4.79 Å². The minimum absolute atomic E-state index is 0.268. The summed E-state index contributed by atoms with van der Waals surface area (Å²) in [6, 6.07) is 28.2. The van der Waals surface area contributed by atoms with Crippen LogP contribution in [0, 0.1) is 0 Å². The van der Waals surface area contributed by atoms with Gasteiger partial charge in [0.25, 0.3) is 5.91 Å². The molecule has 4 rings (SSSR count). The van der Waals surface area contributed by atoms with E-state index in [2.05, 4.69) is 5.32 Å². The molecule has 0 spiro atoms. The molecule has 0 fully saturated rings. The number of amides is 1. The van der Waals surface area contributed by atoms with Crippen LogP contribution in [0.2, 0.25) is 5.02 Å². The predicted octanol–water partition coefficient (Wildman–Crippen LogP) is 7.08. The van der Waals surface area contributed by atoms with E-state index in [9.17, 15) is 4.79 Å². The Morgan fingerprint density at radius 1 is 0.903 bits per heavy atom. The number of fused-ring (bicyclic) bond motifs is 1. The number of ether oxygens (including phenoxy) is 2. The molecule has 0 aromatic heterocycles. The van der Waals surface area contributed by atoms with E-state index in [1.807, 2.05) is 79.7 Å². The lowest BCUT2D eigenvalue weighted by Crippen LogP contribution is -2.32. The van der Waals surface area contributed by atoms with E-state index >= 15 is 0 Å². The van der Waals surface area contributed by atoms with Crippen LogP contribution in [0.1, 0.15) is 13.3 Å². The Bertz CT molecular complexity index is 1190. The Morgan fingerprint density at radius 3 is 2.45 bits per heavy atom. The molecule has 1 N–H and O–H groups in total. The molecule has 0 aliphatic carbocycles. The highest BCUT2D eigenvalue weighted by Crippen LogP contribution is 2.33. The smallest absolute Gasteiger partial charge is 0.265 e. The van der Waals surface area contributed by atoms with Gasteiger partial charge in [-0.2, -0.15) is 0 Å². The predicted molar refractivity (Wildman–Crippen MR) is 125 cm³/mol. The number of rotatable bonds is 7. The van der Waals surface area contributed by atoms with Gasteiger partial charge in [-0.15, -0.1) is 0 Å². The number of halogens is 1. The highest BCUT2D eigenvalue weighted by molar-refractivity contribution is 6.31. The number of anilines is 1. The van der Waals surface area contributed by atoms with Crippen molar-refractivity contribution in [1.29, 1.82) is 0 Å². The summed E-state index contributed by atoms with van der Waals surface area (Å²) in [7, 11) is 0. The van der Waals surface area contributed by atoms with Crippen molar-refractivity contribution >= 4 is 34.0 Å². The molecule has 0 radical (unpaired) electrons. The van der Waals surface area contributed by atoms with Crippen LogP contribution in [0.5, 0.6) is 17.2 Å². The Hall–Kier alpha value is -3.50. The van der Waals surface area contributed by atoms with Gasteiger partial charge in [0.1, 0.15) is 11.5 Å². The molecular formula is C26H22ClNO3. The second kappa shape index (κ2) is 9.54. The van der Waals surface area contributed by atoms with Gasteiger partial charge in [0.05, 0.1) is 5.69 Å². The van der Waals surface area contributed by atoms with Gasteiger partial charge >= 0.3 is 0 Å². The van der Waals surface area contributed by atoms with Crippen molar-refractivity contribution in [2.75, 3.05) is 5.32 Å². The molecule has 31 heavy (non-hydrogen) atoms. The van der Waals surface area contributed by atoms with Gasteiger partial charge in [-0.1, -0.05) is 73.1 Å². The average molecular weight is 432 g/mol. The van der Waals surface area contributed by atoms with Crippen molar-refractivity contribution in [1.82, 2.24) is 0 Å². The van der Waals surface area contributed by atoms with Gasteiger partial charge in [0.2, 0.25) is 0 Å². The van der Waals surface area contributed by atoms with Crippen LogP contribution in [0.4, 0.5) is 5.69 Å². The number of benzene rings is 4. The molecule has 0 aliphatic heterocycles. The second-order valence-corrected chi connectivity index (χ2v) is 7.47. The minimum Gasteiger partial charge on any atom is -0.480 e. The Kier molecular flexibility index (Phi) is 6.39. The van der Waals surface area contributed by atoms with Gasteiger partial charge in [-0.25, -0.2) is 0 Å². The van der Waals surface area contributed by atoms with Crippen molar-refractivity contribution in [3.05, 3.63) is 96.0 Å². The van der Waals surface area contributed by atoms with Crippen molar-refractivity contribution < 1.29 is 14.3 Å². The third kappa shape index (κ3) is 4.98. The summed E-state index contributed by atoms with van der Waals surface area (Å²) in [4.78, 5) is 13.1. The first-order chi connectivity index (χ1) is 15.1. The number of para-hydroxylation sites is 1. The fourth-order valence-electron chi connectivity index (χ4n) is 3.29. The number of carbonyl (C=O) groups excluding carboxylic acids is 1. The quantitative estimate of drug-likeness (QED) is 0.340. The maximum atomic E-state index is 13.1. The number of carbonyl (C=O) groups is 1. The average Bonchev–Trinajstić information content (AvgIpc) is 2.80. The summed E-state index contributed by atoms with van der Waals surface area (Å²) < 4.78 is 12.1. The normalized spacial score (nSPS) is 11.7. The molecule has 1 amide bonds. The van der Waals surface area contributed by atoms with E-state index in [1.54, 1.807) is 18.2 Å². The number of hydrogen-bond acceptors (Lipinski definition) is 3. The van der Waals surface area contributed by atoms with Gasteiger partial charge in [0, 0.05) is 10.4 Å². The maximum absolute atomic E-state index is 13.1. The molecule has 0 aliphatic rings. The van der Waals surface area contributed by atoms with E-state index < -0.39 is 6.10 Å². The largest absolute Gasteiger partial charge is 0.480 e. The second-order valence-electron chi connectivity index (χ2n) is 7.04. The molecule has 1 atom stereocenters. The third-order valence-corrected chi connectivity index (χ3v) is 5.09. The van der Waals surface area contributed by atoms with E-state index in [1.165, 1.54) is 0 Å². The van der Waals surface area contributed by atoms with E-state index in [0.717, 1.165) is 10.8 Å². The summed E-state index contributed by atoms with van der Waals surface area (Å²) >= 11 is 6.17. The zero-order valence-corrected chi connectivity index (χ0v) is 17.8. The molecule has 4 aromatic rings. The third-order valence-electron chi connectivity index (χ3n) is 4.85. The van der Waals surface area contributed by atoms with Gasteiger partial charge < -0.3 is 14.8 Å². The summed E-state index contributed by atoms with van der Waals surface area (Å²) in [6.45, 7) is 1.91. The van der Waals surface area contributed by atoms with Crippen molar-refractivity contribution in [3.8, 4) is 17.2 Å². The Labute approximate surface area is 186 Å². The van der Waals surface area contributed by atoms with Crippen LogP contribution in [0.3, 0.4) is 0 Å². The topological polar surface area (TPSA) is 47.6 Å². The zero-order valence-electron chi connectivity index (χ0n) is 17.0. The van der Waals surface area contributed by atoms with Crippen molar-refractivity contribution in [2.45, 2.75) is 19.4 Å². The number of hydrogen-bond donors (Lipinski definition) is 1. The summed E-state index contributed by atoms with van der Waals surface area (Å²) in [6.07, 6.45) is -0.167. The molecule has 156 valence electrons. The SMILES string of the molecule is CC[C@H](Oc1cccc2ccccc12)C(=O)Nc1cc(Cl)ccc1Oc1ccccc1. The summed E-state index contributed by atoms with van der Waals surface area (Å²) in [5.41, 5.74) is 0.487. The zero-order chi connectivity index (χ0) is 21.6. The fourth-order valence-corrected chi connectivity index (χ4v) is 3.46. The number of nitrogens with one attached hydrogen (secondary N) is 1. The summed E-state index contributed by atoms with van der Waals surface area (Å²) in [5, 5.41) is 5.44. The van der Waals surface area contributed by atoms with Gasteiger partial charge in [-0.05, 0) is 48.2 Å². The van der Waals surface area contributed by atoms with Crippen LogP contribution in [0.15, 0.2) is 91.0 Å². The lowest BCUT2D eigenvalue weighted by Gasteiger charge is -2.20. The first-order valence-electron chi connectivity index (χ1n) is 10.1. The van der Waals surface area contributed by atoms with Crippen LogP contribution in [-0.4, -0.2) is 12.0 Å². The van der Waals surface area contributed by atoms with Crippen molar-refractivity contribution in [3.63, 3.8) is 0 Å². The van der Waals surface area contributed by atoms with Crippen LogP contribution >= 0.6 is 11.6 Å². The lowest BCUT2D eigenvalue weighted by molar-refractivity contribution is -0.122. The highest BCUT2D eigenvalue weighted by Gasteiger charge is 2.21. The molecule has 0 saturated heterocycles. The molecule has 5 heteroatoms. The van der Waals surface area contributed by atoms with E-state index in [0.29, 0.717) is 34.4 Å².